The Morgan fingerprint density at radius 3 is 2.25 bits per heavy atom. The quantitative estimate of drug-likeness (QED) is 0.788. The molecule has 4 nitrogen and oxygen atoms in total. The number of alkyl halides is 2. The van der Waals surface area contributed by atoms with Crippen LogP contribution in [0.15, 0.2) is 22.6 Å². The maximum Gasteiger partial charge on any atom is 0.306 e. The molecule has 0 bridgehead atoms. The van der Waals surface area contributed by atoms with Crippen molar-refractivity contribution in [2.45, 2.75) is 50.9 Å². The van der Waals surface area contributed by atoms with Crippen LogP contribution in [0.3, 0.4) is 0 Å². The molecule has 2 atom stereocenters. The van der Waals surface area contributed by atoms with Gasteiger partial charge in [0.15, 0.2) is 5.60 Å². The third-order valence-electron chi connectivity index (χ3n) is 3.45. The molecule has 0 fully saturated rings. The number of nitrogens with zero attached hydrogens (tertiary/aromatic N) is 1. The first kappa shape index (κ1) is 20.8. The van der Waals surface area contributed by atoms with Crippen molar-refractivity contribution in [1.82, 2.24) is 0 Å². The van der Waals surface area contributed by atoms with Crippen LogP contribution < -0.4 is 0 Å². The minimum atomic E-state index is -4.02. The van der Waals surface area contributed by atoms with Crippen LogP contribution in [0.25, 0.3) is 0 Å². The largest absolute Gasteiger partial charge is 0.393 e. The van der Waals surface area contributed by atoms with Crippen LogP contribution in [-0.2, 0) is 16.9 Å². The van der Waals surface area contributed by atoms with E-state index in [4.69, 9.17) is 5.11 Å². The maximum atomic E-state index is 14.6. The molecular weight excluding hydrogens is 343 g/mol. The van der Waals surface area contributed by atoms with Crippen LogP contribution >= 0.6 is 0 Å². The second-order valence-corrected chi connectivity index (χ2v) is 8.62. The molecule has 0 saturated heterocycles. The second kappa shape index (κ2) is 6.93. The highest BCUT2D eigenvalue weighted by Crippen LogP contribution is 2.40. The van der Waals surface area contributed by atoms with Gasteiger partial charge in [-0.15, -0.1) is 0 Å². The Balaban J connectivity index is 3.43. The standard InChI is InChI=1S/C16H22F3NO3S/c1-10(20-24(23)14(2,3)4)11-7-6-8-12(13(11)17)16(18,19)15(5,22)9-21/h6-8,21-22H,9H2,1-5H3/t15?,24-/m1/s1. The van der Waals surface area contributed by atoms with E-state index in [0.717, 1.165) is 6.07 Å². The monoisotopic (exact) mass is 365 g/mol. The van der Waals surface area contributed by atoms with Crippen molar-refractivity contribution in [3.63, 3.8) is 0 Å². The van der Waals surface area contributed by atoms with E-state index in [1.54, 1.807) is 20.8 Å². The minimum Gasteiger partial charge on any atom is -0.393 e. The molecular formula is C16H22F3NO3S. The zero-order valence-electron chi connectivity index (χ0n) is 14.2. The van der Waals surface area contributed by atoms with Gasteiger partial charge in [-0.25, -0.2) is 8.60 Å². The van der Waals surface area contributed by atoms with Crippen LogP contribution in [-0.4, -0.2) is 37.1 Å². The number of hydrogen-bond acceptors (Lipinski definition) is 3. The Kier molecular flexibility index (Phi) is 6.01. The predicted octanol–water partition coefficient (Wildman–Crippen LogP) is 2.93. The lowest BCUT2D eigenvalue weighted by Gasteiger charge is -2.31. The Morgan fingerprint density at radius 1 is 1.25 bits per heavy atom. The third kappa shape index (κ3) is 4.04. The minimum absolute atomic E-state index is 0.00190. The first-order chi connectivity index (χ1) is 10.8. The van der Waals surface area contributed by atoms with Gasteiger partial charge < -0.3 is 10.2 Å². The first-order valence-electron chi connectivity index (χ1n) is 7.23. The SMILES string of the molecule is CC(=N[S@](=O)C(C)(C)C)c1cccc(C(F)(F)C(C)(O)CO)c1F. The van der Waals surface area contributed by atoms with Gasteiger partial charge in [-0.05, 0) is 40.7 Å². The van der Waals surface area contributed by atoms with E-state index < -0.39 is 45.2 Å². The molecule has 0 heterocycles. The van der Waals surface area contributed by atoms with Gasteiger partial charge in [0.1, 0.15) is 16.8 Å². The molecule has 0 radical (unpaired) electrons. The van der Waals surface area contributed by atoms with E-state index in [0.29, 0.717) is 6.92 Å². The Labute approximate surface area is 142 Å². The molecule has 1 unspecified atom stereocenters. The third-order valence-corrected chi connectivity index (χ3v) is 4.94. The highest BCUT2D eigenvalue weighted by molar-refractivity contribution is 7.85. The van der Waals surface area contributed by atoms with Crippen LogP contribution in [0.2, 0.25) is 0 Å². The Bertz CT molecular complexity index is 667. The van der Waals surface area contributed by atoms with E-state index in [1.165, 1.54) is 19.1 Å². The van der Waals surface area contributed by atoms with Crippen molar-refractivity contribution in [1.29, 1.82) is 0 Å². The van der Waals surface area contributed by atoms with Gasteiger partial charge in [-0.3, -0.25) is 0 Å². The Morgan fingerprint density at radius 2 is 1.79 bits per heavy atom. The molecule has 0 amide bonds. The van der Waals surface area contributed by atoms with Crippen molar-refractivity contribution < 1.29 is 27.6 Å². The number of aliphatic hydroxyl groups excluding tert-OH is 1. The molecule has 0 aliphatic heterocycles. The van der Waals surface area contributed by atoms with Crippen molar-refractivity contribution in [3.05, 3.63) is 35.1 Å². The van der Waals surface area contributed by atoms with Crippen molar-refractivity contribution in [2.75, 3.05) is 6.61 Å². The summed E-state index contributed by atoms with van der Waals surface area (Å²) in [6, 6.07) is 3.26. The van der Waals surface area contributed by atoms with Gasteiger partial charge in [-0.2, -0.15) is 13.2 Å². The van der Waals surface area contributed by atoms with E-state index in [1.807, 2.05) is 0 Å². The number of hydrogen-bond donors (Lipinski definition) is 2. The smallest absolute Gasteiger partial charge is 0.306 e. The highest BCUT2D eigenvalue weighted by Gasteiger charge is 2.52. The Hall–Kier alpha value is -1.25. The molecule has 1 rings (SSSR count). The predicted molar refractivity (Wildman–Crippen MR) is 88.1 cm³/mol. The highest BCUT2D eigenvalue weighted by atomic mass is 32.2. The molecule has 0 aliphatic carbocycles. The summed E-state index contributed by atoms with van der Waals surface area (Å²) >= 11 is 0. The maximum absolute atomic E-state index is 14.6. The van der Waals surface area contributed by atoms with Crippen LogP contribution in [0.5, 0.6) is 0 Å². The van der Waals surface area contributed by atoms with Crippen molar-refractivity contribution >= 4 is 16.7 Å². The average Bonchev–Trinajstić information content (AvgIpc) is 2.45. The summed E-state index contributed by atoms with van der Waals surface area (Å²) in [6.07, 6.45) is 0. The lowest BCUT2D eigenvalue weighted by Crippen LogP contribution is -2.47. The molecule has 1 aromatic carbocycles. The van der Waals surface area contributed by atoms with Crippen LogP contribution in [0.1, 0.15) is 45.7 Å². The number of benzene rings is 1. The summed E-state index contributed by atoms with van der Waals surface area (Å²) in [5.41, 5.74) is -4.12. The molecule has 8 heteroatoms. The van der Waals surface area contributed by atoms with E-state index in [-0.39, 0.29) is 11.3 Å². The van der Waals surface area contributed by atoms with Crippen LogP contribution in [0, 0.1) is 5.82 Å². The fourth-order valence-corrected chi connectivity index (χ4v) is 2.37. The summed E-state index contributed by atoms with van der Waals surface area (Å²) in [7, 11) is -1.68. The molecule has 0 saturated carbocycles. The zero-order valence-corrected chi connectivity index (χ0v) is 15.0. The van der Waals surface area contributed by atoms with Gasteiger partial charge >= 0.3 is 5.92 Å². The summed E-state index contributed by atoms with van der Waals surface area (Å²) < 4.78 is 58.5. The molecule has 136 valence electrons. The average molecular weight is 365 g/mol. The molecule has 0 aliphatic rings. The topological polar surface area (TPSA) is 69.9 Å². The summed E-state index contributed by atoms with van der Waals surface area (Å²) in [6.45, 7) is 5.88. The lowest BCUT2D eigenvalue weighted by atomic mass is 9.90. The van der Waals surface area contributed by atoms with E-state index in [9.17, 15) is 22.5 Å². The fraction of sp³-hybridized carbons (Fsp3) is 0.562. The lowest BCUT2D eigenvalue weighted by molar-refractivity contribution is -0.196. The summed E-state index contributed by atoms with van der Waals surface area (Å²) in [5.74, 6) is -5.30. The van der Waals surface area contributed by atoms with Gasteiger partial charge in [0.25, 0.3) is 0 Å². The molecule has 24 heavy (non-hydrogen) atoms. The van der Waals surface area contributed by atoms with Gasteiger partial charge in [-0.1, -0.05) is 12.1 Å². The van der Waals surface area contributed by atoms with Crippen LogP contribution in [0.4, 0.5) is 13.2 Å². The van der Waals surface area contributed by atoms with Gasteiger partial charge in [0.2, 0.25) is 0 Å². The van der Waals surface area contributed by atoms with E-state index >= 15 is 0 Å². The molecule has 0 aromatic heterocycles. The normalized spacial score (nSPS) is 17.5. The van der Waals surface area contributed by atoms with Crippen molar-refractivity contribution in [2.24, 2.45) is 4.40 Å². The number of aliphatic hydroxyl groups is 2. The van der Waals surface area contributed by atoms with Gasteiger partial charge in [0, 0.05) is 5.56 Å². The number of halogens is 3. The molecule has 2 N–H and O–H groups in total. The summed E-state index contributed by atoms with van der Waals surface area (Å²) in [5, 5.41) is 18.6. The van der Waals surface area contributed by atoms with Crippen molar-refractivity contribution in [3.8, 4) is 0 Å². The second-order valence-electron chi connectivity index (χ2n) is 6.71. The fourth-order valence-electron chi connectivity index (χ4n) is 1.75. The first-order valence-corrected chi connectivity index (χ1v) is 8.34. The molecule has 0 spiro atoms. The molecule has 1 aromatic rings. The number of rotatable bonds is 5. The van der Waals surface area contributed by atoms with Gasteiger partial charge in [0.05, 0.1) is 22.6 Å². The van der Waals surface area contributed by atoms with E-state index in [2.05, 4.69) is 4.40 Å². The zero-order chi connectivity index (χ0) is 18.9. The summed E-state index contributed by atoms with van der Waals surface area (Å²) in [4.78, 5) is 0.